The van der Waals surface area contributed by atoms with Crippen molar-refractivity contribution < 1.29 is 4.79 Å². The van der Waals surface area contributed by atoms with Crippen molar-refractivity contribution in [3.05, 3.63) is 29.8 Å². The number of hydrogen-bond acceptors (Lipinski definition) is 3. The van der Waals surface area contributed by atoms with Gasteiger partial charge >= 0.3 is 0 Å². The lowest BCUT2D eigenvalue weighted by molar-refractivity contribution is -0.120. The first-order valence-electron chi connectivity index (χ1n) is 6.37. The van der Waals surface area contributed by atoms with Gasteiger partial charge in [0, 0.05) is 31.2 Å². The first-order valence-corrected chi connectivity index (χ1v) is 6.37. The number of nitrogens with one attached hydrogen (secondary N) is 3. The zero-order valence-electron chi connectivity index (χ0n) is 12.2. The van der Waals surface area contributed by atoms with E-state index in [2.05, 4.69) is 28.9 Å². The lowest BCUT2D eigenvalue weighted by atomic mass is 10.2. The number of para-hydroxylation sites is 1. The van der Waals surface area contributed by atoms with Crippen molar-refractivity contribution in [2.24, 2.45) is 0 Å². The molecular formula is C14H25Cl2N3O. The van der Waals surface area contributed by atoms with Crippen LogP contribution in [-0.4, -0.2) is 32.1 Å². The van der Waals surface area contributed by atoms with Crippen molar-refractivity contribution in [3.63, 3.8) is 0 Å². The van der Waals surface area contributed by atoms with Crippen molar-refractivity contribution in [1.82, 2.24) is 10.6 Å². The molecule has 0 fully saturated rings. The number of aryl methyl sites for hydroxylation is 1. The number of hydrogen-bond donors (Lipinski definition) is 3. The summed E-state index contributed by atoms with van der Waals surface area (Å²) in [6, 6.07) is 8.38. The smallest absolute Gasteiger partial charge is 0.221 e. The quantitative estimate of drug-likeness (QED) is 0.722. The molecule has 0 spiro atoms. The predicted octanol–water partition coefficient (Wildman–Crippen LogP) is 2.36. The summed E-state index contributed by atoms with van der Waals surface area (Å²) in [6.07, 6.45) is 0.491. The van der Waals surface area contributed by atoms with Crippen LogP contribution in [0.3, 0.4) is 0 Å². The zero-order chi connectivity index (χ0) is 13.4. The molecule has 0 radical (unpaired) electrons. The molecule has 1 rings (SSSR count). The number of anilines is 1. The maximum Gasteiger partial charge on any atom is 0.221 e. The maximum absolute atomic E-state index is 11.6. The highest BCUT2D eigenvalue weighted by Gasteiger charge is 2.03. The Balaban J connectivity index is 0. The van der Waals surface area contributed by atoms with Gasteiger partial charge in [0.05, 0.1) is 0 Å². The minimum atomic E-state index is 0. The third kappa shape index (κ3) is 8.25. The largest absolute Gasteiger partial charge is 0.384 e. The van der Waals surface area contributed by atoms with E-state index in [0.717, 1.165) is 5.69 Å². The average molecular weight is 322 g/mol. The van der Waals surface area contributed by atoms with Gasteiger partial charge in [-0.25, -0.2) is 0 Å². The predicted molar refractivity (Wildman–Crippen MR) is 90.3 cm³/mol. The van der Waals surface area contributed by atoms with Gasteiger partial charge in [-0.15, -0.1) is 24.8 Å². The Bertz CT molecular complexity index is 388. The van der Waals surface area contributed by atoms with Crippen LogP contribution in [0.5, 0.6) is 0 Å². The first kappa shape index (κ1) is 21.3. The van der Waals surface area contributed by atoms with E-state index in [1.807, 2.05) is 32.2 Å². The topological polar surface area (TPSA) is 53.2 Å². The highest BCUT2D eigenvalue weighted by atomic mass is 35.5. The van der Waals surface area contributed by atoms with E-state index in [1.165, 1.54) is 5.56 Å². The molecule has 6 heteroatoms. The van der Waals surface area contributed by atoms with Crippen LogP contribution >= 0.6 is 24.8 Å². The summed E-state index contributed by atoms with van der Waals surface area (Å²) >= 11 is 0. The van der Waals surface area contributed by atoms with Gasteiger partial charge in [-0.1, -0.05) is 18.2 Å². The molecule has 1 amide bonds. The standard InChI is InChI=1S/C14H23N3O.2ClH/c1-11-6-4-5-7-13(11)16-9-8-14(18)17-10-12(2)15-3;;/h4-7,12,15-16H,8-10H2,1-3H3,(H,17,18);2*1H. The minimum absolute atomic E-state index is 0. The molecule has 3 N–H and O–H groups in total. The molecule has 1 unspecified atom stereocenters. The molecule has 0 bridgehead atoms. The molecule has 0 saturated carbocycles. The van der Waals surface area contributed by atoms with Crippen molar-refractivity contribution in [2.75, 3.05) is 25.5 Å². The third-order valence-electron chi connectivity index (χ3n) is 2.91. The van der Waals surface area contributed by atoms with Crippen LogP contribution in [0, 0.1) is 6.92 Å². The van der Waals surface area contributed by atoms with E-state index in [-0.39, 0.29) is 30.7 Å². The van der Waals surface area contributed by atoms with Gasteiger partial charge in [0.1, 0.15) is 0 Å². The summed E-state index contributed by atoms with van der Waals surface area (Å²) in [4.78, 5) is 11.6. The fourth-order valence-electron chi connectivity index (χ4n) is 1.54. The molecule has 0 aliphatic heterocycles. The lowest BCUT2D eigenvalue weighted by Gasteiger charge is -2.12. The van der Waals surface area contributed by atoms with Gasteiger partial charge in [0.25, 0.3) is 0 Å². The van der Waals surface area contributed by atoms with Gasteiger partial charge in [-0.3, -0.25) is 4.79 Å². The van der Waals surface area contributed by atoms with E-state index >= 15 is 0 Å². The Labute approximate surface area is 133 Å². The average Bonchev–Trinajstić information content (AvgIpc) is 2.38. The second-order valence-electron chi connectivity index (χ2n) is 4.49. The Kier molecular flexibility index (Phi) is 12.6. The molecule has 0 aliphatic carbocycles. The normalized spacial score (nSPS) is 10.8. The van der Waals surface area contributed by atoms with E-state index < -0.39 is 0 Å². The second-order valence-corrected chi connectivity index (χ2v) is 4.49. The minimum Gasteiger partial charge on any atom is -0.384 e. The van der Waals surface area contributed by atoms with E-state index in [9.17, 15) is 4.79 Å². The van der Waals surface area contributed by atoms with Gasteiger partial charge in [-0.2, -0.15) is 0 Å². The zero-order valence-corrected chi connectivity index (χ0v) is 13.9. The molecule has 1 aromatic rings. The summed E-state index contributed by atoms with van der Waals surface area (Å²) in [5.74, 6) is 0.0817. The summed E-state index contributed by atoms with van der Waals surface area (Å²) < 4.78 is 0. The summed E-state index contributed by atoms with van der Waals surface area (Å²) in [6.45, 7) is 5.41. The second kappa shape index (κ2) is 11.8. The molecule has 1 aromatic carbocycles. The van der Waals surface area contributed by atoms with Crippen molar-refractivity contribution in [2.45, 2.75) is 26.3 Å². The summed E-state index contributed by atoms with van der Waals surface area (Å²) in [5, 5.41) is 9.24. The third-order valence-corrected chi connectivity index (χ3v) is 2.91. The number of carbonyl (C=O) groups excluding carboxylic acids is 1. The SMILES string of the molecule is CNC(C)CNC(=O)CCNc1ccccc1C.Cl.Cl. The molecule has 0 heterocycles. The van der Waals surface area contributed by atoms with Gasteiger partial charge < -0.3 is 16.0 Å². The molecule has 4 nitrogen and oxygen atoms in total. The van der Waals surface area contributed by atoms with Crippen LogP contribution < -0.4 is 16.0 Å². The Morgan fingerprint density at radius 3 is 2.50 bits per heavy atom. The molecule has 20 heavy (non-hydrogen) atoms. The molecule has 1 atom stereocenters. The van der Waals surface area contributed by atoms with Crippen molar-refractivity contribution in [3.8, 4) is 0 Å². The van der Waals surface area contributed by atoms with E-state index in [1.54, 1.807) is 0 Å². The molecule has 0 aliphatic rings. The van der Waals surface area contributed by atoms with Crippen molar-refractivity contribution >= 4 is 36.4 Å². The summed E-state index contributed by atoms with van der Waals surface area (Å²) in [7, 11) is 1.89. The molecule has 116 valence electrons. The number of benzene rings is 1. The monoisotopic (exact) mass is 321 g/mol. The number of halogens is 2. The van der Waals surface area contributed by atoms with Crippen molar-refractivity contribution in [1.29, 1.82) is 0 Å². The molecule has 0 saturated heterocycles. The fourth-order valence-corrected chi connectivity index (χ4v) is 1.54. The highest BCUT2D eigenvalue weighted by Crippen LogP contribution is 2.12. The van der Waals surface area contributed by atoms with Gasteiger partial charge in [-0.05, 0) is 32.5 Å². The van der Waals surface area contributed by atoms with Gasteiger partial charge in [0.2, 0.25) is 5.91 Å². The lowest BCUT2D eigenvalue weighted by Crippen LogP contribution is -2.37. The maximum atomic E-state index is 11.6. The number of rotatable bonds is 7. The fraction of sp³-hybridized carbons (Fsp3) is 0.500. The van der Waals surface area contributed by atoms with Crippen LogP contribution in [0.2, 0.25) is 0 Å². The van der Waals surface area contributed by atoms with Crippen LogP contribution in [-0.2, 0) is 4.79 Å². The van der Waals surface area contributed by atoms with Crippen LogP contribution in [0.15, 0.2) is 24.3 Å². The van der Waals surface area contributed by atoms with Crippen LogP contribution in [0.1, 0.15) is 18.9 Å². The summed E-state index contributed by atoms with van der Waals surface area (Å²) in [5.41, 5.74) is 2.29. The Morgan fingerprint density at radius 1 is 1.25 bits per heavy atom. The Morgan fingerprint density at radius 2 is 1.90 bits per heavy atom. The van der Waals surface area contributed by atoms with Crippen LogP contribution in [0.4, 0.5) is 5.69 Å². The molecular weight excluding hydrogens is 297 g/mol. The molecule has 0 aromatic heterocycles. The van der Waals surface area contributed by atoms with E-state index in [4.69, 9.17) is 0 Å². The first-order chi connectivity index (χ1) is 8.63. The number of amides is 1. The Hall–Kier alpha value is -0.970. The highest BCUT2D eigenvalue weighted by molar-refractivity contribution is 5.85. The van der Waals surface area contributed by atoms with E-state index in [0.29, 0.717) is 25.6 Å². The van der Waals surface area contributed by atoms with Crippen LogP contribution in [0.25, 0.3) is 0 Å². The van der Waals surface area contributed by atoms with Gasteiger partial charge in [0.15, 0.2) is 0 Å². The number of carbonyl (C=O) groups is 1. The number of likely N-dealkylation sites (N-methyl/N-ethyl adjacent to an activating group) is 1.